The van der Waals surface area contributed by atoms with Gasteiger partial charge in [0.15, 0.2) is 0 Å². The van der Waals surface area contributed by atoms with Gasteiger partial charge in [0.25, 0.3) is 0 Å². The molecule has 1 aliphatic heterocycles. The Morgan fingerprint density at radius 3 is 2.71 bits per heavy atom. The van der Waals surface area contributed by atoms with Gasteiger partial charge in [0, 0.05) is 20.1 Å². The zero-order valence-corrected chi connectivity index (χ0v) is 12.4. The molecule has 1 aliphatic rings. The molecule has 2 rings (SSSR count). The molecule has 1 amide bonds. The number of hydrogen-bond acceptors (Lipinski definition) is 6. The molecule has 0 spiro atoms. The van der Waals surface area contributed by atoms with E-state index >= 15 is 0 Å². The number of nitrogen functional groups attached to an aromatic ring is 1. The first-order valence-electron chi connectivity index (χ1n) is 7.06. The Labute approximate surface area is 124 Å². The molecule has 1 aromatic heterocycles. The molecule has 7 heteroatoms. The fourth-order valence-corrected chi connectivity index (χ4v) is 2.76. The van der Waals surface area contributed by atoms with E-state index in [9.17, 15) is 4.79 Å². The normalized spacial score (nSPS) is 17.1. The molecule has 7 nitrogen and oxygen atoms in total. The third kappa shape index (κ3) is 2.75. The predicted octanol–water partition coefficient (Wildman–Crippen LogP) is 0.673. The van der Waals surface area contributed by atoms with Crippen LogP contribution < -0.4 is 16.0 Å². The van der Waals surface area contributed by atoms with E-state index in [0.29, 0.717) is 19.0 Å². The smallest absolute Gasteiger partial charge is 0.227 e. The van der Waals surface area contributed by atoms with Crippen LogP contribution in [0.1, 0.15) is 31.7 Å². The maximum Gasteiger partial charge on any atom is 0.227 e. The van der Waals surface area contributed by atoms with Crippen molar-refractivity contribution >= 4 is 17.7 Å². The SMILES string of the molecule is CCC1(C(=O)NC)CCN(c2ncc(C#N)c(N)n2)CC1. The van der Waals surface area contributed by atoms with E-state index in [1.807, 2.05) is 17.9 Å². The minimum atomic E-state index is -0.302. The minimum Gasteiger partial charge on any atom is -0.382 e. The van der Waals surface area contributed by atoms with Crippen LogP contribution in [0.25, 0.3) is 0 Å². The van der Waals surface area contributed by atoms with Crippen LogP contribution in [-0.4, -0.2) is 36.0 Å². The van der Waals surface area contributed by atoms with Gasteiger partial charge in [-0.3, -0.25) is 4.79 Å². The lowest BCUT2D eigenvalue weighted by molar-refractivity contribution is -0.132. The van der Waals surface area contributed by atoms with E-state index in [-0.39, 0.29) is 22.7 Å². The highest BCUT2D eigenvalue weighted by molar-refractivity contribution is 5.82. The fraction of sp³-hybridized carbons (Fsp3) is 0.571. The van der Waals surface area contributed by atoms with Crippen molar-refractivity contribution in [1.29, 1.82) is 5.26 Å². The summed E-state index contributed by atoms with van der Waals surface area (Å²) in [4.78, 5) is 22.5. The summed E-state index contributed by atoms with van der Waals surface area (Å²) in [6.45, 7) is 3.44. The molecule has 21 heavy (non-hydrogen) atoms. The molecule has 0 aliphatic carbocycles. The topological polar surface area (TPSA) is 108 Å². The summed E-state index contributed by atoms with van der Waals surface area (Å²) in [5.41, 5.74) is 5.70. The zero-order chi connectivity index (χ0) is 15.5. The number of carbonyl (C=O) groups is 1. The minimum absolute atomic E-state index is 0.102. The third-order valence-corrected chi connectivity index (χ3v) is 4.31. The van der Waals surface area contributed by atoms with Gasteiger partial charge < -0.3 is 16.0 Å². The van der Waals surface area contributed by atoms with Gasteiger partial charge in [-0.1, -0.05) is 6.92 Å². The van der Waals surface area contributed by atoms with Crippen LogP contribution in [-0.2, 0) is 4.79 Å². The molecule has 0 bridgehead atoms. The average molecular weight is 288 g/mol. The van der Waals surface area contributed by atoms with Gasteiger partial charge in [-0.15, -0.1) is 0 Å². The number of piperidine rings is 1. The maximum absolute atomic E-state index is 12.1. The van der Waals surface area contributed by atoms with Crippen molar-refractivity contribution in [2.45, 2.75) is 26.2 Å². The average Bonchev–Trinajstić information content (AvgIpc) is 2.54. The number of nitrogens with two attached hydrogens (primary N) is 1. The van der Waals surface area contributed by atoms with Crippen LogP contribution in [0.2, 0.25) is 0 Å². The van der Waals surface area contributed by atoms with Gasteiger partial charge in [0.2, 0.25) is 11.9 Å². The molecular formula is C14H20N6O. The van der Waals surface area contributed by atoms with Gasteiger partial charge in [0.05, 0.1) is 11.6 Å². The Kier molecular flexibility index (Phi) is 4.26. The van der Waals surface area contributed by atoms with Crippen LogP contribution in [0.4, 0.5) is 11.8 Å². The largest absolute Gasteiger partial charge is 0.382 e. The molecule has 0 radical (unpaired) electrons. The van der Waals surface area contributed by atoms with Crippen LogP contribution in [0.5, 0.6) is 0 Å². The second-order valence-electron chi connectivity index (χ2n) is 5.28. The number of hydrogen-bond donors (Lipinski definition) is 2. The summed E-state index contributed by atoms with van der Waals surface area (Å²) in [5.74, 6) is 0.819. The molecule has 0 unspecified atom stereocenters. The fourth-order valence-electron chi connectivity index (χ4n) is 2.76. The summed E-state index contributed by atoms with van der Waals surface area (Å²) in [6.07, 6.45) is 3.77. The van der Waals surface area contributed by atoms with Gasteiger partial charge in [0.1, 0.15) is 17.5 Å². The number of nitrogens with zero attached hydrogens (tertiary/aromatic N) is 4. The van der Waals surface area contributed by atoms with E-state index in [1.165, 1.54) is 6.20 Å². The molecule has 112 valence electrons. The molecule has 1 fully saturated rings. The summed E-state index contributed by atoms with van der Waals surface area (Å²) in [5, 5.41) is 11.6. The first-order valence-corrected chi connectivity index (χ1v) is 7.06. The predicted molar refractivity (Wildman–Crippen MR) is 79.4 cm³/mol. The lowest BCUT2D eigenvalue weighted by Crippen LogP contribution is -2.48. The van der Waals surface area contributed by atoms with E-state index in [2.05, 4.69) is 15.3 Å². The van der Waals surface area contributed by atoms with Crippen molar-refractivity contribution in [1.82, 2.24) is 15.3 Å². The molecule has 0 aromatic carbocycles. The number of nitriles is 1. The van der Waals surface area contributed by atoms with Crippen LogP contribution in [0, 0.1) is 16.7 Å². The highest BCUT2D eigenvalue weighted by atomic mass is 16.2. The van der Waals surface area contributed by atoms with Crippen molar-refractivity contribution < 1.29 is 4.79 Å². The van der Waals surface area contributed by atoms with Gasteiger partial charge in [-0.2, -0.15) is 10.2 Å². The Balaban J connectivity index is 2.12. The Hall–Kier alpha value is -2.36. The Bertz CT molecular complexity index is 571. The summed E-state index contributed by atoms with van der Waals surface area (Å²) in [7, 11) is 1.68. The number of rotatable bonds is 3. The quantitative estimate of drug-likeness (QED) is 0.846. The molecule has 1 aromatic rings. The second-order valence-corrected chi connectivity index (χ2v) is 5.28. The van der Waals surface area contributed by atoms with Crippen molar-refractivity contribution in [2.75, 3.05) is 30.8 Å². The molecule has 0 saturated carbocycles. The van der Waals surface area contributed by atoms with Gasteiger partial charge >= 0.3 is 0 Å². The second kappa shape index (κ2) is 5.95. The summed E-state index contributed by atoms with van der Waals surface area (Å²) in [6, 6.07) is 1.95. The molecule has 3 N–H and O–H groups in total. The molecule has 0 atom stereocenters. The Morgan fingerprint density at radius 1 is 1.57 bits per heavy atom. The molecule has 1 saturated heterocycles. The lowest BCUT2D eigenvalue weighted by Gasteiger charge is -2.39. The summed E-state index contributed by atoms with van der Waals surface area (Å²) < 4.78 is 0. The molecule has 2 heterocycles. The number of nitrogens with one attached hydrogen (secondary N) is 1. The van der Waals surface area contributed by atoms with Crippen molar-refractivity contribution in [2.24, 2.45) is 5.41 Å². The first-order chi connectivity index (χ1) is 10.1. The van der Waals surface area contributed by atoms with Crippen molar-refractivity contribution in [3.05, 3.63) is 11.8 Å². The van der Waals surface area contributed by atoms with Gasteiger partial charge in [-0.25, -0.2) is 4.98 Å². The number of carbonyl (C=O) groups excluding carboxylic acids is 1. The van der Waals surface area contributed by atoms with Crippen molar-refractivity contribution in [3.63, 3.8) is 0 Å². The van der Waals surface area contributed by atoms with E-state index in [4.69, 9.17) is 11.0 Å². The number of anilines is 2. The van der Waals surface area contributed by atoms with Crippen molar-refractivity contribution in [3.8, 4) is 6.07 Å². The standard InChI is InChI=1S/C14H20N6O/c1-3-14(12(21)17-2)4-6-20(7-5-14)13-18-9-10(8-15)11(16)19-13/h9H,3-7H2,1-2H3,(H,17,21)(H2,16,18,19). The molecular weight excluding hydrogens is 268 g/mol. The highest BCUT2D eigenvalue weighted by Gasteiger charge is 2.39. The monoisotopic (exact) mass is 288 g/mol. The first kappa shape index (κ1) is 15.0. The van der Waals surface area contributed by atoms with E-state index in [0.717, 1.165) is 19.3 Å². The number of amides is 1. The number of aromatic nitrogens is 2. The van der Waals surface area contributed by atoms with Crippen LogP contribution in [0.15, 0.2) is 6.20 Å². The van der Waals surface area contributed by atoms with E-state index < -0.39 is 0 Å². The third-order valence-electron chi connectivity index (χ3n) is 4.31. The lowest BCUT2D eigenvalue weighted by atomic mass is 9.75. The van der Waals surface area contributed by atoms with E-state index in [1.54, 1.807) is 7.05 Å². The highest BCUT2D eigenvalue weighted by Crippen LogP contribution is 2.36. The maximum atomic E-state index is 12.1. The zero-order valence-electron chi connectivity index (χ0n) is 12.4. The van der Waals surface area contributed by atoms with Crippen LogP contribution >= 0.6 is 0 Å². The Morgan fingerprint density at radius 2 is 2.24 bits per heavy atom. The van der Waals surface area contributed by atoms with Crippen LogP contribution in [0.3, 0.4) is 0 Å². The summed E-state index contributed by atoms with van der Waals surface area (Å²) >= 11 is 0. The van der Waals surface area contributed by atoms with Gasteiger partial charge in [-0.05, 0) is 19.3 Å².